The Morgan fingerprint density at radius 2 is 1.70 bits per heavy atom. The van der Waals surface area contributed by atoms with Crippen LogP contribution in [-0.4, -0.2) is 71.2 Å². The summed E-state index contributed by atoms with van der Waals surface area (Å²) in [5, 5.41) is 49.6. The van der Waals surface area contributed by atoms with Crippen molar-refractivity contribution in [2.75, 3.05) is 6.61 Å². The van der Waals surface area contributed by atoms with Gasteiger partial charge in [-0.05, 0) is 19.1 Å². The number of aliphatic hydroxyl groups is 5. The van der Waals surface area contributed by atoms with Crippen LogP contribution in [0.3, 0.4) is 0 Å². The van der Waals surface area contributed by atoms with Gasteiger partial charge < -0.3 is 25.5 Å². The molecular formula is C13H20N2O7S. The topological polar surface area (TPSA) is 160 Å². The molecular weight excluding hydrogens is 328 g/mol. The molecule has 0 heterocycles. The van der Waals surface area contributed by atoms with Crippen molar-refractivity contribution in [2.24, 2.45) is 5.10 Å². The molecule has 0 saturated carbocycles. The average molecular weight is 348 g/mol. The van der Waals surface area contributed by atoms with Crippen molar-refractivity contribution >= 4 is 16.2 Å². The zero-order chi connectivity index (χ0) is 17.6. The highest BCUT2D eigenvalue weighted by molar-refractivity contribution is 7.89. The Hall–Kier alpha value is -1.56. The molecule has 0 unspecified atom stereocenters. The number of nitrogens with zero attached hydrogens (tertiary/aromatic N) is 1. The number of rotatable bonds is 8. The third-order valence-electron chi connectivity index (χ3n) is 3.01. The average Bonchev–Trinajstić information content (AvgIpc) is 2.52. The van der Waals surface area contributed by atoms with E-state index in [1.54, 1.807) is 19.1 Å². The third kappa shape index (κ3) is 5.53. The molecule has 0 radical (unpaired) electrons. The molecule has 1 rings (SSSR count). The minimum atomic E-state index is -3.93. The summed E-state index contributed by atoms with van der Waals surface area (Å²) in [7, 11) is -3.93. The lowest BCUT2D eigenvalue weighted by Gasteiger charge is -2.23. The van der Waals surface area contributed by atoms with E-state index in [1.165, 1.54) is 12.1 Å². The van der Waals surface area contributed by atoms with Gasteiger partial charge in [-0.1, -0.05) is 17.7 Å². The summed E-state index contributed by atoms with van der Waals surface area (Å²) in [5.41, 5.74) is 0.877. The largest absolute Gasteiger partial charge is 0.394 e. The van der Waals surface area contributed by atoms with Crippen LogP contribution in [0.4, 0.5) is 0 Å². The normalized spacial score (nSPS) is 17.7. The van der Waals surface area contributed by atoms with Crippen LogP contribution in [0, 0.1) is 6.92 Å². The quantitative estimate of drug-likeness (QED) is 0.227. The van der Waals surface area contributed by atoms with E-state index in [-0.39, 0.29) is 4.90 Å². The van der Waals surface area contributed by atoms with Crippen molar-refractivity contribution in [2.45, 2.75) is 36.2 Å². The summed E-state index contributed by atoms with van der Waals surface area (Å²) in [5.74, 6) is 0. The van der Waals surface area contributed by atoms with E-state index < -0.39 is 41.0 Å². The summed E-state index contributed by atoms with van der Waals surface area (Å²) >= 11 is 0. The molecule has 1 aromatic carbocycles. The molecule has 0 amide bonds. The molecule has 23 heavy (non-hydrogen) atoms. The third-order valence-corrected chi connectivity index (χ3v) is 4.25. The highest BCUT2D eigenvalue weighted by atomic mass is 32.2. The lowest BCUT2D eigenvalue weighted by Crippen LogP contribution is -2.46. The molecule has 4 atom stereocenters. The fraction of sp³-hybridized carbons (Fsp3) is 0.462. The smallest absolute Gasteiger partial charge is 0.276 e. The van der Waals surface area contributed by atoms with Gasteiger partial charge in [0.05, 0.1) is 17.7 Å². The van der Waals surface area contributed by atoms with Crippen molar-refractivity contribution < 1.29 is 34.0 Å². The first-order valence-corrected chi connectivity index (χ1v) is 8.12. The lowest BCUT2D eigenvalue weighted by molar-refractivity contribution is -0.0999. The fourth-order valence-electron chi connectivity index (χ4n) is 1.57. The Morgan fingerprint density at radius 1 is 1.13 bits per heavy atom. The van der Waals surface area contributed by atoms with Crippen LogP contribution in [0.1, 0.15) is 5.56 Å². The van der Waals surface area contributed by atoms with Gasteiger partial charge in [0.1, 0.15) is 24.4 Å². The Morgan fingerprint density at radius 3 is 2.22 bits per heavy atom. The van der Waals surface area contributed by atoms with Crippen LogP contribution in [0.2, 0.25) is 0 Å². The summed E-state index contributed by atoms with van der Waals surface area (Å²) < 4.78 is 23.8. The van der Waals surface area contributed by atoms with Crippen LogP contribution in [0.25, 0.3) is 0 Å². The SMILES string of the molecule is Cc1ccc(S(=O)(=O)N/N=C/[C@@H](O)[C@H](O)[C@H](O)[C@H](O)CO)cc1. The number of hydrazone groups is 1. The van der Waals surface area contributed by atoms with Gasteiger partial charge in [0, 0.05) is 0 Å². The van der Waals surface area contributed by atoms with E-state index in [2.05, 4.69) is 5.10 Å². The number of benzene rings is 1. The molecule has 130 valence electrons. The van der Waals surface area contributed by atoms with Crippen molar-refractivity contribution in [1.82, 2.24) is 4.83 Å². The predicted octanol–water partition coefficient (Wildman–Crippen LogP) is -2.30. The van der Waals surface area contributed by atoms with Gasteiger partial charge in [-0.15, -0.1) is 0 Å². The standard InChI is InChI=1S/C13H20N2O7S/c1-8-2-4-9(5-3-8)23(21,22)15-14-6-10(17)12(19)13(20)11(18)7-16/h2-6,10-13,15-20H,7H2,1H3/b14-6+/t10-,11-,12+,13-/m1/s1. The monoisotopic (exact) mass is 348 g/mol. The molecule has 0 spiro atoms. The zero-order valence-electron chi connectivity index (χ0n) is 12.3. The van der Waals surface area contributed by atoms with Gasteiger partial charge in [-0.3, -0.25) is 0 Å². The van der Waals surface area contributed by atoms with Crippen LogP contribution in [-0.2, 0) is 10.0 Å². The van der Waals surface area contributed by atoms with Gasteiger partial charge in [-0.25, -0.2) is 4.83 Å². The maximum atomic E-state index is 11.9. The summed E-state index contributed by atoms with van der Waals surface area (Å²) in [6, 6.07) is 5.95. The number of hydrogen-bond donors (Lipinski definition) is 6. The first kappa shape index (κ1) is 19.5. The van der Waals surface area contributed by atoms with Gasteiger partial charge in [0.2, 0.25) is 0 Å². The minimum absolute atomic E-state index is 0.0361. The number of aliphatic hydroxyl groups excluding tert-OH is 5. The molecule has 10 heteroatoms. The number of hydrogen-bond acceptors (Lipinski definition) is 8. The first-order chi connectivity index (χ1) is 10.7. The van der Waals surface area contributed by atoms with E-state index in [0.717, 1.165) is 5.56 Å². The van der Waals surface area contributed by atoms with Gasteiger partial charge in [-0.2, -0.15) is 13.5 Å². The summed E-state index contributed by atoms with van der Waals surface area (Å²) in [6.07, 6.45) is -6.44. The molecule has 0 aliphatic carbocycles. The van der Waals surface area contributed by atoms with Gasteiger partial charge in [0.15, 0.2) is 0 Å². The molecule has 0 aliphatic heterocycles. The maximum absolute atomic E-state index is 11.9. The molecule has 0 aliphatic rings. The molecule has 9 nitrogen and oxygen atoms in total. The zero-order valence-corrected chi connectivity index (χ0v) is 13.1. The Labute approximate surface area is 133 Å². The second-order valence-corrected chi connectivity index (χ2v) is 6.57. The molecule has 0 aromatic heterocycles. The highest BCUT2D eigenvalue weighted by Crippen LogP contribution is 2.09. The highest BCUT2D eigenvalue weighted by Gasteiger charge is 2.29. The van der Waals surface area contributed by atoms with Gasteiger partial charge >= 0.3 is 0 Å². The molecule has 0 bridgehead atoms. The van der Waals surface area contributed by atoms with Crippen LogP contribution < -0.4 is 4.83 Å². The molecule has 0 saturated heterocycles. The minimum Gasteiger partial charge on any atom is -0.394 e. The van der Waals surface area contributed by atoms with Crippen molar-refractivity contribution in [3.63, 3.8) is 0 Å². The van der Waals surface area contributed by atoms with Crippen molar-refractivity contribution in [3.05, 3.63) is 29.8 Å². The Bertz CT molecular complexity index is 618. The number of aryl methyl sites for hydroxylation is 1. The number of sulfonamides is 1. The summed E-state index contributed by atoms with van der Waals surface area (Å²) in [6.45, 7) is 0.980. The maximum Gasteiger partial charge on any atom is 0.276 e. The molecule has 1 aromatic rings. The number of nitrogens with one attached hydrogen (secondary N) is 1. The Kier molecular flexibility index (Phi) is 7.06. The van der Waals surface area contributed by atoms with E-state index in [4.69, 9.17) is 10.2 Å². The summed E-state index contributed by atoms with van der Waals surface area (Å²) in [4.78, 5) is 1.80. The van der Waals surface area contributed by atoms with Crippen molar-refractivity contribution in [3.8, 4) is 0 Å². The van der Waals surface area contributed by atoms with Crippen LogP contribution >= 0.6 is 0 Å². The molecule has 6 N–H and O–H groups in total. The Balaban J connectivity index is 2.69. The molecule has 0 fully saturated rings. The van der Waals surface area contributed by atoms with E-state index >= 15 is 0 Å². The van der Waals surface area contributed by atoms with E-state index in [1.807, 2.05) is 4.83 Å². The van der Waals surface area contributed by atoms with E-state index in [0.29, 0.717) is 6.21 Å². The second-order valence-electron chi connectivity index (χ2n) is 4.91. The van der Waals surface area contributed by atoms with E-state index in [9.17, 15) is 23.7 Å². The first-order valence-electron chi connectivity index (χ1n) is 6.64. The van der Waals surface area contributed by atoms with Crippen LogP contribution in [0.15, 0.2) is 34.3 Å². The van der Waals surface area contributed by atoms with Gasteiger partial charge in [0.25, 0.3) is 10.0 Å². The fourth-order valence-corrected chi connectivity index (χ4v) is 2.37. The van der Waals surface area contributed by atoms with Crippen molar-refractivity contribution in [1.29, 1.82) is 0 Å². The lowest BCUT2D eigenvalue weighted by atomic mass is 10.0. The predicted molar refractivity (Wildman–Crippen MR) is 81.1 cm³/mol. The second kappa shape index (κ2) is 8.34. The van der Waals surface area contributed by atoms with Crippen LogP contribution in [0.5, 0.6) is 0 Å².